The molecule has 130 valence electrons. The van der Waals surface area contributed by atoms with Crippen molar-refractivity contribution in [2.75, 3.05) is 6.61 Å². The zero-order valence-electron chi connectivity index (χ0n) is 14.2. The lowest BCUT2D eigenvalue weighted by Gasteiger charge is -2.23. The molecule has 4 heterocycles. The second kappa shape index (κ2) is 6.07. The Balaban J connectivity index is 1.69. The molecule has 1 unspecified atom stereocenters. The van der Waals surface area contributed by atoms with Crippen LogP contribution in [0.1, 0.15) is 25.5 Å². The van der Waals surface area contributed by atoms with E-state index in [1.54, 1.807) is 6.07 Å². The molecule has 0 saturated carbocycles. The number of nitrogens with zero attached hydrogens (tertiary/aromatic N) is 3. The van der Waals surface area contributed by atoms with Crippen molar-refractivity contribution in [3.63, 3.8) is 0 Å². The Bertz CT molecular complexity index is 1160. The maximum absolute atomic E-state index is 11.5. The van der Waals surface area contributed by atoms with Crippen molar-refractivity contribution in [2.24, 2.45) is 0 Å². The van der Waals surface area contributed by atoms with E-state index in [-0.39, 0.29) is 11.8 Å². The molecule has 0 aliphatic carbocycles. The smallest absolute Gasteiger partial charge is 0.248 e. The average molecular weight is 346 g/mol. The minimum atomic E-state index is -0.128. The highest BCUT2D eigenvalue weighted by atomic mass is 16.5. The van der Waals surface area contributed by atoms with E-state index in [0.29, 0.717) is 0 Å². The number of hydrogen-bond acceptors (Lipinski definition) is 4. The molecule has 1 saturated heterocycles. The number of fused-ring (bicyclic) bond motifs is 2. The monoisotopic (exact) mass is 346 g/mol. The average Bonchev–Trinajstić information content (AvgIpc) is 3.08. The Labute approximate surface area is 149 Å². The molecular formula is C20H18N4O2. The van der Waals surface area contributed by atoms with Crippen LogP contribution in [-0.2, 0) is 4.74 Å². The lowest BCUT2D eigenvalue weighted by molar-refractivity contribution is -0.0365. The van der Waals surface area contributed by atoms with Gasteiger partial charge in [0.05, 0.1) is 22.2 Å². The Morgan fingerprint density at radius 2 is 2.00 bits per heavy atom. The van der Waals surface area contributed by atoms with Gasteiger partial charge in [-0.2, -0.15) is 5.10 Å². The molecule has 0 radical (unpaired) electrons. The highest BCUT2D eigenvalue weighted by molar-refractivity contribution is 5.93. The van der Waals surface area contributed by atoms with Crippen LogP contribution in [-0.4, -0.2) is 26.4 Å². The fraction of sp³-hybridized carbons (Fsp3) is 0.250. The number of aromatic nitrogens is 4. The standard InChI is InChI=1S/C20H18N4O2/c25-18-11-10-14-15(22-18)8-9-16(21-14)20-13-5-1-2-6-17(13)24(23-20)19-7-3-4-12-26-19/h1-2,5-6,8-11,19H,3-4,7,12H2,(H,22,25). The Morgan fingerprint density at radius 3 is 2.88 bits per heavy atom. The van der Waals surface area contributed by atoms with Gasteiger partial charge in [0, 0.05) is 18.1 Å². The normalized spacial score (nSPS) is 17.8. The predicted octanol–water partition coefficient (Wildman–Crippen LogP) is 3.64. The summed E-state index contributed by atoms with van der Waals surface area (Å²) in [5.74, 6) is 0. The summed E-state index contributed by atoms with van der Waals surface area (Å²) in [5, 5.41) is 5.92. The number of rotatable bonds is 2. The van der Waals surface area contributed by atoms with Crippen LogP contribution in [0.2, 0.25) is 0 Å². The van der Waals surface area contributed by atoms with Gasteiger partial charge in [0.1, 0.15) is 5.69 Å². The van der Waals surface area contributed by atoms with E-state index in [0.717, 1.165) is 59.2 Å². The molecule has 0 bridgehead atoms. The quantitative estimate of drug-likeness (QED) is 0.601. The fourth-order valence-electron chi connectivity index (χ4n) is 3.58. The van der Waals surface area contributed by atoms with Gasteiger partial charge in [-0.15, -0.1) is 0 Å². The summed E-state index contributed by atoms with van der Waals surface area (Å²) in [7, 11) is 0. The third-order valence-electron chi connectivity index (χ3n) is 4.86. The summed E-state index contributed by atoms with van der Waals surface area (Å²) in [6, 6.07) is 15.2. The molecule has 1 aromatic carbocycles. The van der Waals surface area contributed by atoms with Crippen LogP contribution < -0.4 is 5.56 Å². The summed E-state index contributed by atoms with van der Waals surface area (Å²) < 4.78 is 7.93. The van der Waals surface area contributed by atoms with Crippen LogP contribution >= 0.6 is 0 Å². The number of nitrogens with one attached hydrogen (secondary N) is 1. The lowest BCUT2D eigenvalue weighted by Crippen LogP contribution is -2.19. The van der Waals surface area contributed by atoms with Crippen LogP contribution in [0.25, 0.3) is 33.3 Å². The van der Waals surface area contributed by atoms with Gasteiger partial charge in [0.15, 0.2) is 6.23 Å². The first-order chi connectivity index (χ1) is 12.8. The third kappa shape index (κ3) is 2.50. The first kappa shape index (κ1) is 15.3. The van der Waals surface area contributed by atoms with E-state index in [1.165, 1.54) is 6.07 Å². The van der Waals surface area contributed by atoms with Crippen molar-refractivity contribution in [1.29, 1.82) is 0 Å². The topological polar surface area (TPSA) is 72.8 Å². The zero-order valence-corrected chi connectivity index (χ0v) is 14.2. The van der Waals surface area contributed by atoms with Gasteiger partial charge in [-0.1, -0.05) is 18.2 Å². The van der Waals surface area contributed by atoms with Gasteiger partial charge in [0.25, 0.3) is 0 Å². The summed E-state index contributed by atoms with van der Waals surface area (Å²) >= 11 is 0. The van der Waals surface area contributed by atoms with Crippen LogP contribution in [0.15, 0.2) is 53.3 Å². The SMILES string of the molecule is O=c1ccc2nc(-c3nn(C4CCCCO4)c4ccccc34)ccc2[nH]1. The first-order valence-electron chi connectivity index (χ1n) is 8.89. The van der Waals surface area contributed by atoms with Gasteiger partial charge in [-0.3, -0.25) is 4.79 Å². The number of H-pyrrole nitrogens is 1. The second-order valence-electron chi connectivity index (χ2n) is 6.58. The molecule has 3 aromatic heterocycles. The molecule has 26 heavy (non-hydrogen) atoms. The third-order valence-corrected chi connectivity index (χ3v) is 4.86. The van der Waals surface area contributed by atoms with Crippen LogP contribution in [0.3, 0.4) is 0 Å². The van der Waals surface area contributed by atoms with Crippen LogP contribution in [0.4, 0.5) is 0 Å². The van der Waals surface area contributed by atoms with E-state index in [1.807, 2.05) is 28.9 Å². The fourth-order valence-corrected chi connectivity index (χ4v) is 3.58. The molecule has 1 fully saturated rings. The first-order valence-corrected chi connectivity index (χ1v) is 8.89. The van der Waals surface area contributed by atoms with Gasteiger partial charge < -0.3 is 9.72 Å². The Hall–Kier alpha value is -2.99. The van der Waals surface area contributed by atoms with Crippen molar-refractivity contribution < 1.29 is 4.74 Å². The van der Waals surface area contributed by atoms with Gasteiger partial charge >= 0.3 is 0 Å². The van der Waals surface area contributed by atoms with E-state index < -0.39 is 0 Å². The summed E-state index contributed by atoms with van der Waals surface area (Å²) in [4.78, 5) is 19.0. The Morgan fingerprint density at radius 1 is 1.08 bits per heavy atom. The van der Waals surface area contributed by atoms with E-state index in [4.69, 9.17) is 14.8 Å². The molecule has 6 nitrogen and oxygen atoms in total. The second-order valence-corrected chi connectivity index (χ2v) is 6.58. The van der Waals surface area contributed by atoms with Crippen molar-refractivity contribution >= 4 is 21.9 Å². The summed E-state index contributed by atoms with van der Waals surface area (Å²) in [6.07, 6.45) is 3.19. The molecule has 0 amide bonds. The van der Waals surface area contributed by atoms with Gasteiger partial charge in [-0.25, -0.2) is 9.67 Å². The highest BCUT2D eigenvalue weighted by Gasteiger charge is 2.21. The molecule has 1 N–H and O–H groups in total. The molecule has 1 aliphatic rings. The molecule has 1 aliphatic heterocycles. The van der Waals surface area contributed by atoms with Gasteiger partial charge in [0.2, 0.25) is 5.56 Å². The number of ether oxygens (including phenoxy) is 1. The van der Waals surface area contributed by atoms with Crippen LogP contribution in [0, 0.1) is 0 Å². The Kier molecular flexibility index (Phi) is 3.57. The number of benzene rings is 1. The number of pyridine rings is 2. The maximum atomic E-state index is 11.5. The van der Waals surface area contributed by atoms with E-state index in [2.05, 4.69) is 17.1 Å². The van der Waals surface area contributed by atoms with Crippen molar-refractivity contribution in [2.45, 2.75) is 25.5 Å². The number of para-hydroxylation sites is 1. The van der Waals surface area contributed by atoms with Crippen LogP contribution in [0.5, 0.6) is 0 Å². The largest absolute Gasteiger partial charge is 0.356 e. The minimum absolute atomic E-state index is 0.0285. The molecule has 1 atom stereocenters. The van der Waals surface area contributed by atoms with Crippen molar-refractivity contribution in [1.82, 2.24) is 19.7 Å². The molecule has 6 heteroatoms. The van der Waals surface area contributed by atoms with Crippen molar-refractivity contribution in [3.8, 4) is 11.4 Å². The van der Waals surface area contributed by atoms with Gasteiger partial charge in [-0.05, 0) is 43.5 Å². The minimum Gasteiger partial charge on any atom is -0.356 e. The molecular weight excluding hydrogens is 328 g/mol. The number of hydrogen-bond donors (Lipinski definition) is 1. The van der Waals surface area contributed by atoms with E-state index >= 15 is 0 Å². The predicted molar refractivity (Wildman–Crippen MR) is 99.9 cm³/mol. The molecule has 5 rings (SSSR count). The number of aromatic amines is 1. The summed E-state index contributed by atoms with van der Waals surface area (Å²) in [5.41, 5.74) is 4.02. The van der Waals surface area contributed by atoms with E-state index in [9.17, 15) is 4.79 Å². The molecule has 4 aromatic rings. The van der Waals surface area contributed by atoms with Crippen molar-refractivity contribution in [3.05, 3.63) is 58.9 Å². The summed E-state index contributed by atoms with van der Waals surface area (Å²) in [6.45, 7) is 0.774. The zero-order chi connectivity index (χ0) is 17.5. The lowest BCUT2D eigenvalue weighted by atomic mass is 10.1. The molecule has 0 spiro atoms. The maximum Gasteiger partial charge on any atom is 0.248 e. The highest BCUT2D eigenvalue weighted by Crippen LogP contribution is 2.32.